The predicted molar refractivity (Wildman–Crippen MR) is 86.2 cm³/mol. The van der Waals surface area contributed by atoms with Crippen molar-refractivity contribution in [1.82, 2.24) is 0 Å². The number of carbonyl (C=O) groups excluding carboxylic acids is 1. The van der Waals surface area contributed by atoms with Crippen molar-refractivity contribution in [2.45, 2.75) is 13.8 Å². The van der Waals surface area contributed by atoms with Gasteiger partial charge in [-0.2, -0.15) is 0 Å². The van der Waals surface area contributed by atoms with E-state index in [1.165, 1.54) is 0 Å². The van der Waals surface area contributed by atoms with Crippen LogP contribution in [0.25, 0.3) is 0 Å². The SMILES string of the molecule is Cc1ccc(C(=O)Nc2ccc(C#CCN)cc2)c(C)c1. The summed E-state index contributed by atoms with van der Waals surface area (Å²) in [5, 5.41) is 2.89. The summed E-state index contributed by atoms with van der Waals surface area (Å²) in [6.07, 6.45) is 0. The topological polar surface area (TPSA) is 55.1 Å². The first kappa shape index (κ1) is 14.8. The molecule has 0 atom stereocenters. The monoisotopic (exact) mass is 278 g/mol. The van der Waals surface area contributed by atoms with Gasteiger partial charge in [0.2, 0.25) is 0 Å². The second-order valence-corrected chi connectivity index (χ2v) is 4.86. The van der Waals surface area contributed by atoms with E-state index in [1.54, 1.807) is 0 Å². The molecule has 3 nitrogen and oxygen atoms in total. The Kier molecular flexibility index (Phi) is 4.76. The standard InChI is InChI=1S/C18H18N2O/c1-13-5-10-17(14(2)12-13)18(21)20-16-8-6-15(7-9-16)4-3-11-19/h5-10,12H,11,19H2,1-2H3,(H,20,21). The normalized spacial score (nSPS) is 9.67. The molecule has 0 spiro atoms. The van der Waals surface area contributed by atoms with Gasteiger partial charge in [0.15, 0.2) is 0 Å². The zero-order chi connectivity index (χ0) is 15.2. The van der Waals surface area contributed by atoms with Crippen molar-refractivity contribution in [3.8, 4) is 11.8 Å². The third-order valence-electron chi connectivity index (χ3n) is 3.10. The summed E-state index contributed by atoms with van der Waals surface area (Å²) in [5.74, 6) is 5.63. The first-order valence-corrected chi connectivity index (χ1v) is 6.78. The highest BCUT2D eigenvalue weighted by molar-refractivity contribution is 6.05. The van der Waals surface area contributed by atoms with Gasteiger partial charge in [0.1, 0.15) is 0 Å². The van der Waals surface area contributed by atoms with Gasteiger partial charge in [0.25, 0.3) is 5.91 Å². The molecule has 0 unspecified atom stereocenters. The van der Waals surface area contributed by atoms with Crippen LogP contribution in [0.5, 0.6) is 0 Å². The number of carbonyl (C=O) groups is 1. The third-order valence-corrected chi connectivity index (χ3v) is 3.10. The summed E-state index contributed by atoms with van der Waals surface area (Å²) in [4.78, 5) is 12.2. The van der Waals surface area contributed by atoms with Crippen LogP contribution in [-0.4, -0.2) is 12.5 Å². The molecule has 0 saturated heterocycles. The van der Waals surface area contributed by atoms with E-state index in [0.717, 1.165) is 22.4 Å². The molecule has 1 amide bonds. The molecular weight excluding hydrogens is 260 g/mol. The highest BCUT2D eigenvalue weighted by Crippen LogP contribution is 2.14. The zero-order valence-corrected chi connectivity index (χ0v) is 12.2. The number of nitrogens with two attached hydrogens (primary N) is 1. The van der Waals surface area contributed by atoms with Crippen molar-refractivity contribution in [3.05, 3.63) is 64.7 Å². The molecule has 0 heterocycles. The molecule has 0 radical (unpaired) electrons. The van der Waals surface area contributed by atoms with Crippen LogP contribution in [0.15, 0.2) is 42.5 Å². The van der Waals surface area contributed by atoms with Crippen molar-refractivity contribution < 1.29 is 4.79 Å². The summed E-state index contributed by atoms with van der Waals surface area (Å²) in [6, 6.07) is 13.2. The molecule has 0 bridgehead atoms. The number of aryl methyl sites for hydroxylation is 2. The van der Waals surface area contributed by atoms with Gasteiger partial charge in [0.05, 0.1) is 6.54 Å². The lowest BCUT2D eigenvalue weighted by molar-refractivity contribution is 0.102. The third kappa shape index (κ3) is 3.95. The van der Waals surface area contributed by atoms with Gasteiger partial charge < -0.3 is 11.1 Å². The first-order chi connectivity index (χ1) is 10.1. The van der Waals surface area contributed by atoms with E-state index < -0.39 is 0 Å². The van der Waals surface area contributed by atoms with Crippen LogP contribution in [0.4, 0.5) is 5.69 Å². The van der Waals surface area contributed by atoms with Gasteiger partial charge in [-0.25, -0.2) is 0 Å². The quantitative estimate of drug-likeness (QED) is 0.830. The second kappa shape index (κ2) is 6.74. The Balaban J connectivity index is 2.12. The van der Waals surface area contributed by atoms with Crippen LogP contribution in [0.1, 0.15) is 27.0 Å². The molecule has 2 aromatic rings. The fraction of sp³-hybridized carbons (Fsp3) is 0.167. The highest BCUT2D eigenvalue weighted by atomic mass is 16.1. The molecule has 3 N–H and O–H groups in total. The number of amides is 1. The van der Waals surface area contributed by atoms with E-state index in [0.29, 0.717) is 12.1 Å². The average Bonchev–Trinajstić information content (AvgIpc) is 2.46. The summed E-state index contributed by atoms with van der Waals surface area (Å²) in [6.45, 7) is 4.29. The van der Waals surface area contributed by atoms with Gasteiger partial charge in [-0.05, 0) is 49.7 Å². The number of benzene rings is 2. The molecule has 0 fully saturated rings. The summed E-state index contributed by atoms with van der Waals surface area (Å²) < 4.78 is 0. The Bertz CT molecular complexity index is 706. The predicted octanol–water partition coefficient (Wildman–Crippen LogP) is 2.87. The van der Waals surface area contributed by atoms with Crippen LogP contribution in [0.2, 0.25) is 0 Å². The number of hydrogen-bond acceptors (Lipinski definition) is 2. The minimum Gasteiger partial charge on any atom is -0.322 e. The summed E-state index contributed by atoms with van der Waals surface area (Å²) >= 11 is 0. The van der Waals surface area contributed by atoms with E-state index in [4.69, 9.17) is 5.73 Å². The molecule has 21 heavy (non-hydrogen) atoms. The van der Waals surface area contributed by atoms with Gasteiger partial charge in [0, 0.05) is 16.8 Å². The molecule has 106 valence electrons. The van der Waals surface area contributed by atoms with Crippen molar-refractivity contribution >= 4 is 11.6 Å². The van der Waals surface area contributed by atoms with Crippen LogP contribution in [0, 0.1) is 25.7 Å². The molecule has 2 aromatic carbocycles. The lowest BCUT2D eigenvalue weighted by atomic mass is 10.1. The van der Waals surface area contributed by atoms with E-state index in [1.807, 2.05) is 56.3 Å². The van der Waals surface area contributed by atoms with Gasteiger partial charge in [-0.3, -0.25) is 4.79 Å². The number of hydrogen-bond donors (Lipinski definition) is 2. The molecule has 0 saturated carbocycles. The molecule has 0 aliphatic carbocycles. The summed E-state index contributed by atoms with van der Waals surface area (Å²) in [7, 11) is 0. The maximum atomic E-state index is 12.2. The van der Waals surface area contributed by atoms with Crippen LogP contribution in [0.3, 0.4) is 0 Å². The fourth-order valence-corrected chi connectivity index (χ4v) is 2.06. The van der Waals surface area contributed by atoms with Crippen LogP contribution < -0.4 is 11.1 Å². The largest absolute Gasteiger partial charge is 0.322 e. The molecular formula is C18H18N2O. The van der Waals surface area contributed by atoms with Gasteiger partial charge in [-0.1, -0.05) is 29.5 Å². The van der Waals surface area contributed by atoms with Crippen molar-refractivity contribution in [1.29, 1.82) is 0 Å². The Hall–Kier alpha value is -2.57. The number of nitrogens with one attached hydrogen (secondary N) is 1. The van der Waals surface area contributed by atoms with Gasteiger partial charge >= 0.3 is 0 Å². The van der Waals surface area contributed by atoms with Crippen LogP contribution >= 0.6 is 0 Å². The maximum absolute atomic E-state index is 12.2. The second-order valence-electron chi connectivity index (χ2n) is 4.86. The van der Waals surface area contributed by atoms with Crippen molar-refractivity contribution in [2.24, 2.45) is 5.73 Å². The minimum atomic E-state index is -0.103. The first-order valence-electron chi connectivity index (χ1n) is 6.78. The molecule has 0 aliphatic rings. The van der Waals surface area contributed by atoms with Crippen LogP contribution in [-0.2, 0) is 0 Å². The highest BCUT2D eigenvalue weighted by Gasteiger charge is 2.09. The van der Waals surface area contributed by atoms with E-state index in [2.05, 4.69) is 17.2 Å². The summed E-state index contributed by atoms with van der Waals surface area (Å²) in [5.41, 5.74) is 9.76. The smallest absolute Gasteiger partial charge is 0.255 e. The van der Waals surface area contributed by atoms with E-state index in [9.17, 15) is 4.79 Å². The van der Waals surface area contributed by atoms with E-state index >= 15 is 0 Å². The zero-order valence-electron chi connectivity index (χ0n) is 12.2. The Labute approximate surface area is 125 Å². The maximum Gasteiger partial charge on any atom is 0.255 e. The lowest BCUT2D eigenvalue weighted by Gasteiger charge is -2.08. The molecule has 0 aliphatic heterocycles. The van der Waals surface area contributed by atoms with E-state index in [-0.39, 0.29) is 5.91 Å². The number of rotatable bonds is 2. The van der Waals surface area contributed by atoms with Crippen molar-refractivity contribution in [3.63, 3.8) is 0 Å². The minimum absolute atomic E-state index is 0.103. The molecule has 3 heteroatoms. The molecule has 0 aromatic heterocycles. The number of anilines is 1. The Morgan fingerprint density at radius 1 is 1.14 bits per heavy atom. The molecule has 2 rings (SSSR count). The lowest BCUT2D eigenvalue weighted by Crippen LogP contribution is -2.13. The fourth-order valence-electron chi connectivity index (χ4n) is 2.06. The average molecular weight is 278 g/mol. The Morgan fingerprint density at radius 2 is 1.86 bits per heavy atom. The van der Waals surface area contributed by atoms with Crippen molar-refractivity contribution in [2.75, 3.05) is 11.9 Å². The Morgan fingerprint density at radius 3 is 2.48 bits per heavy atom. The van der Waals surface area contributed by atoms with Gasteiger partial charge in [-0.15, -0.1) is 0 Å².